The topological polar surface area (TPSA) is 74.8 Å². The van der Waals surface area contributed by atoms with Crippen LogP contribution in [0.3, 0.4) is 0 Å². The van der Waals surface area contributed by atoms with Crippen LogP contribution >= 0.6 is 11.6 Å². The van der Waals surface area contributed by atoms with Crippen molar-refractivity contribution in [3.63, 3.8) is 0 Å². The third-order valence-electron chi connectivity index (χ3n) is 1.95. The van der Waals surface area contributed by atoms with E-state index in [-0.39, 0.29) is 22.9 Å². The van der Waals surface area contributed by atoms with Crippen molar-refractivity contribution in [2.45, 2.75) is 24.3 Å². The van der Waals surface area contributed by atoms with Gasteiger partial charge in [-0.2, -0.15) is 0 Å². The van der Waals surface area contributed by atoms with E-state index in [4.69, 9.17) is 11.6 Å². The number of nitrogens with one attached hydrogen (secondary N) is 2. The van der Waals surface area contributed by atoms with Gasteiger partial charge < -0.3 is 4.98 Å². The number of nitrogens with zero attached hydrogens (tertiary/aromatic N) is 1. The molecule has 1 unspecified atom stereocenters. The number of H-pyrrole nitrogens is 1. The summed E-state index contributed by atoms with van der Waals surface area (Å²) in [4.78, 5) is 6.17. The first-order valence-corrected chi connectivity index (χ1v) is 6.47. The van der Waals surface area contributed by atoms with Crippen molar-refractivity contribution in [3.8, 4) is 0 Å². The molecule has 0 aliphatic heterocycles. The number of aromatic amines is 1. The van der Waals surface area contributed by atoms with Crippen molar-refractivity contribution < 1.29 is 8.42 Å². The third-order valence-corrected chi connectivity index (χ3v) is 3.96. The van der Waals surface area contributed by atoms with Crippen molar-refractivity contribution >= 4 is 21.6 Å². The SMILES string of the molecule is CC(C)C(Cl)CNS(=O)(=O)c1cnc[nH]1. The molecule has 0 radical (unpaired) electrons. The van der Waals surface area contributed by atoms with E-state index >= 15 is 0 Å². The molecular formula is C8H14ClN3O2S. The van der Waals surface area contributed by atoms with Crippen LogP contribution in [0.5, 0.6) is 0 Å². The highest BCUT2D eigenvalue weighted by Gasteiger charge is 2.18. The molecule has 1 rings (SSSR count). The average molecular weight is 252 g/mol. The van der Waals surface area contributed by atoms with Gasteiger partial charge in [0.15, 0.2) is 5.03 Å². The molecule has 2 N–H and O–H groups in total. The largest absolute Gasteiger partial charge is 0.335 e. The Hall–Kier alpha value is -0.590. The highest BCUT2D eigenvalue weighted by atomic mass is 35.5. The Bertz CT molecular complexity index is 388. The van der Waals surface area contributed by atoms with Crippen LogP contribution in [0.2, 0.25) is 0 Å². The number of sulfonamides is 1. The van der Waals surface area contributed by atoms with Gasteiger partial charge in [0.05, 0.1) is 12.5 Å². The maximum atomic E-state index is 11.6. The van der Waals surface area contributed by atoms with Gasteiger partial charge in [-0.05, 0) is 5.92 Å². The molecule has 0 fully saturated rings. The summed E-state index contributed by atoms with van der Waals surface area (Å²) in [6.07, 6.45) is 2.57. The second-order valence-corrected chi connectivity index (χ2v) is 5.82. The zero-order chi connectivity index (χ0) is 11.5. The lowest BCUT2D eigenvalue weighted by Gasteiger charge is -2.13. The van der Waals surface area contributed by atoms with Gasteiger partial charge in [-0.3, -0.25) is 0 Å². The molecule has 0 spiro atoms. The molecule has 0 amide bonds. The lowest BCUT2D eigenvalue weighted by Crippen LogP contribution is -2.32. The van der Waals surface area contributed by atoms with Gasteiger partial charge >= 0.3 is 0 Å². The van der Waals surface area contributed by atoms with Gasteiger partial charge in [0.2, 0.25) is 0 Å². The Morgan fingerprint density at radius 3 is 2.73 bits per heavy atom. The molecule has 0 aliphatic carbocycles. The minimum atomic E-state index is -3.50. The van der Waals surface area contributed by atoms with Crippen LogP contribution in [-0.4, -0.2) is 30.3 Å². The minimum absolute atomic E-state index is 0.0510. The molecule has 0 bridgehead atoms. The van der Waals surface area contributed by atoms with Crippen LogP contribution in [0, 0.1) is 5.92 Å². The summed E-state index contributed by atoms with van der Waals surface area (Å²) < 4.78 is 25.6. The van der Waals surface area contributed by atoms with Crippen molar-refractivity contribution in [1.29, 1.82) is 0 Å². The smallest absolute Gasteiger partial charge is 0.257 e. The summed E-state index contributed by atoms with van der Waals surface area (Å²) >= 11 is 5.93. The average Bonchev–Trinajstić information content (AvgIpc) is 2.67. The predicted octanol–water partition coefficient (Wildman–Crippen LogP) is 0.951. The summed E-state index contributed by atoms with van der Waals surface area (Å²) in [5, 5.41) is -0.169. The van der Waals surface area contributed by atoms with E-state index in [2.05, 4.69) is 14.7 Å². The maximum Gasteiger partial charge on any atom is 0.257 e. The number of hydrogen-bond donors (Lipinski definition) is 2. The molecule has 0 aromatic carbocycles. The number of imidazole rings is 1. The highest BCUT2D eigenvalue weighted by Crippen LogP contribution is 2.09. The lowest BCUT2D eigenvalue weighted by molar-refractivity contribution is 0.554. The van der Waals surface area contributed by atoms with E-state index < -0.39 is 10.0 Å². The fraction of sp³-hybridized carbons (Fsp3) is 0.625. The van der Waals surface area contributed by atoms with E-state index in [0.29, 0.717) is 0 Å². The normalized spacial score (nSPS) is 14.4. The Kier molecular flexibility index (Phi) is 4.12. The van der Waals surface area contributed by atoms with E-state index in [1.807, 2.05) is 13.8 Å². The molecule has 5 nitrogen and oxygen atoms in total. The van der Waals surface area contributed by atoms with Gasteiger partial charge in [-0.25, -0.2) is 18.1 Å². The predicted molar refractivity (Wildman–Crippen MR) is 58.3 cm³/mol. The van der Waals surface area contributed by atoms with E-state index in [9.17, 15) is 8.42 Å². The lowest BCUT2D eigenvalue weighted by atomic mass is 10.1. The molecule has 1 heterocycles. The minimum Gasteiger partial charge on any atom is -0.335 e. The Balaban J connectivity index is 2.59. The summed E-state index contributed by atoms with van der Waals surface area (Å²) in [7, 11) is -3.50. The molecule has 86 valence electrons. The zero-order valence-corrected chi connectivity index (χ0v) is 10.1. The van der Waals surface area contributed by atoms with E-state index in [1.165, 1.54) is 12.5 Å². The quantitative estimate of drug-likeness (QED) is 0.766. The molecule has 15 heavy (non-hydrogen) atoms. The van der Waals surface area contributed by atoms with Gasteiger partial charge in [-0.15, -0.1) is 11.6 Å². The molecular weight excluding hydrogens is 238 g/mol. The van der Waals surface area contributed by atoms with Crippen molar-refractivity contribution in [1.82, 2.24) is 14.7 Å². The Labute approximate surface area is 94.3 Å². The number of aromatic nitrogens is 2. The van der Waals surface area contributed by atoms with Crippen LogP contribution in [0.25, 0.3) is 0 Å². The first kappa shape index (κ1) is 12.5. The molecule has 0 aliphatic rings. The Morgan fingerprint density at radius 2 is 2.27 bits per heavy atom. The fourth-order valence-corrected chi connectivity index (χ4v) is 2.02. The van der Waals surface area contributed by atoms with Crippen LogP contribution in [0.4, 0.5) is 0 Å². The summed E-state index contributed by atoms with van der Waals surface area (Å²) in [5.41, 5.74) is 0. The molecule has 1 aromatic heterocycles. The fourth-order valence-electron chi connectivity index (χ4n) is 0.893. The van der Waals surface area contributed by atoms with Crippen LogP contribution in [0.15, 0.2) is 17.6 Å². The molecule has 0 saturated carbocycles. The summed E-state index contributed by atoms with van der Waals surface area (Å²) in [5.74, 6) is 0.219. The number of rotatable bonds is 5. The van der Waals surface area contributed by atoms with E-state index in [0.717, 1.165) is 0 Å². The second-order valence-electron chi connectivity index (χ2n) is 3.53. The first-order chi connectivity index (χ1) is 6.93. The van der Waals surface area contributed by atoms with Crippen molar-refractivity contribution in [3.05, 3.63) is 12.5 Å². The van der Waals surface area contributed by atoms with Gasteiger partial charge in [-0.1, -0.05) is 13.8 Å². The molecule has 1 atom stereocenters. The van der Waals surface area contributed by atoms with Crippen molar-refractivity contribution in [2.24, 2.45) is 5.92 Å². The standard InChI is InChI=1S/C8H14ClN3O2S/c1-6(2)7(9)3-12-15(13,14)8-4-10-5-11-8/h4-7,12H,3H2,1-2H3,(H,10,11). The number of hydrogen-bond acceptors (Lipinski definition) is 3. The monoisotopic (exact) mass is 251 g/mol. The first-order valence-electron chi connectivity index (χ1n) is 4.55. The van der Waals surface area contributed by atoms with Crippen molar-refractivity contribution in [2.75, 3.05) is 6.54 Å². The summed E-state index contributed by atoms with van der Waals surface area (Å²) in [6, 6.07) is 0. The van der Waals surface area contributed by atoms with Crippen LogP contribution in [-0.2, 0) is 10.0 Å². The van der Waals surface area contributed by atoms with E-state index in [1.54, 1.807) is 0 Å². The zero-order valence-electron chi connectivity index (χ0n) is 8.57. The highest BCUT2D eigenvalue weighted by molar-refractivity contribution is 7.89. The van der Waals surface area contributed by atoms with Crippen LogP contribution < -0.4 is 4.72 Å². The van der Waals surface area contributed by atoms with Gasteiger partial charge in [0, 0.05) is 11.9 Å². The molecule has 1 aromatic rings. The molecule has 7 heteroatoms. The van der Waals surface area contributed by atoms with Gasteiger partial charge in [0.25, 0.3) is 10.0 Å². The van der Waals surface area contributed by atoms with Crippen LogP contribution in [0.1, 0.15) is 13.8 Å². The number of halogens is 1. The second kappa shape index (κ2) is 4.96. The summed E-state index contributed by atoms with van der Waals surface area (Å²) in [6.45, 7) is 4.07. The third kappa shape index (κ3) is 3.48. The molecule has 0 saturated heterocycles. The maximum absolute atomic E-state index is 11.6. The number of alkyl halides is 1. The van der Waals surface area contributed by atoms with Gasteiger partial charge in [0.1, 0.15) is 0 Å². The Morgan fingerprint density at radius 1 is 1.60 bits per heavy atom.